The Labute approximate surface area is 136 Å². The molecule has 0 aliphatic rings. The number of ether oxygens (including phenoxy) is 1. The molecule has 0 bridgehead atoms. The maximum Gasteiger partial charge on any atom is 0.166 e. The van der Waals surface area contributed by atoms with E-state index in [2.05, 4.69) is 0 Å². The molecule has 0 radical (unpaired) electrons. The van der Waals surface area contributed by atoms with Gasteiger partial charge in [0, 0.05) is 17.0 Å². The minimum absolute atomic E-state index is 0.108. The summed E-state index contributed by atoms with van der Waals surface area (Å²) in [4.78, 5) is 11.9. The molecule has 2 nitrogen and oxygen atoms in total. The number of ketones is 1. The number of benzene rings is 2. The van der Waals surface area contributed by atoms with Crippen LogP contribution in [0.15, 0.2) is 36.4 Å². The van der Waals surface area contributed by atoms with E-state index in [9.17, 15) is 9.18 Å². The van der Waals surface area contributed by atoms with Crippen LogP contribution in [0.2, 0.25) is 15.1 Å². The van der Waals surface area contributed by atoms with Gasteiger partial charge in [0.1, 0.15) is 5.82 Å². The highest BCUT2D eigenvalue weighted by molar-refractivity contribution is 6.40. The molecule has 0 aromatic heterocycles. The number of hydrogen-bond donors (Lipinski definition) is 0. The average Bonchev–Trinajstić information content (AvgIpc) is 2.42. The lowest BCUT2D eigenvalue weighted by Crippen LogP contribution is -2.07. The normalized spacial score (nSPS) is 10.5. The Morgan fingerprint density at radius 3 is 2.19 bits per heavy atom. The van der Waals surface area contributed by atoms with Crippen molar-refractivity contribution in [3.63, 3.8) is 0 Å². The minimum atomic E-state index is -0.387. The minimum Gasteiger partial charge on any atom is -0.490 e. The molecule has 0 saturated carbocycles. The Morgan fingerprint density at radius 1 is 1.05 bits per heavy atom. The van der Waals surface area contributed by atoms with Gasteiger partial charge in [0.05, 0.1) is 16.7 Å². The van der Waals surface area contributed by atoms with Gasteiger partial charge in [-0.05, 0) is 36.4 Å². The van der Waals surface area contributed by atoms with Gasteiger partial charge >= 0.3 is 0 Å². The Morgan fingerprint density at radius 2 is 1.62 bits per heavy atom. The van der Waals surface area contributed by atoms with E-state index in [1.807, 2.05) is 0 Å². The molecule has 2 aromatic rings. The first-order chi connectivity index (χ1) is 9.97. The van der Waals surface area contributed by atoms with E-state index >= 15 is 0 Å². The van der Waals surface area contributed by atoms with Gasteiger partial charge in [-0.3, -0.25) is 4.79 Å². The number of halogens is 4. The van der Waals surface area contributed by atoms with Crippen molar-refractivity contribution in [2.45, 2.75) is 6.42 Å². The molecule has 6 heteroatoms. The first kappa shape index (κ1) is 16.1. The zero-order chi connectivity index (χ0) is 15.4. The highest BCUT2D eigenvalue weighted by atomic mass is 35.5. The molecular formula is C15H10Cl3FO2. The SMILES string of the molecule is O=C(CCOc1c(Cl)cc(Cl)cc1Cl)c1ccc(F)cc1. The van der Waals surface area contributed by atoms with Gasteiger partial charge in [0.25, 0.3) is 0 Å². The zero-order valence-electron chi connectivity index (χ0n) is 10.7. The summed E-state index contributed by atoms with van der Waals surface area (Å²) < 4.78 is 18.2. The van der Waals surface area contributed by atoms with E-state index in [1.165, 1.54) is 36.4 Å². The molecule has 0 amide bonds. The monoisotopic (exact) mass is 346 g/mol. The van der Waals surface area contributed by atoms with Gasteiger partial charge < -0.3 is 4.74 Å². The number of hydrogen-bond acceptors (Lipinski definition) is 2. The maximum atomic E-state index is 12.8. The summed E-state index contributed by atoms with van der Waals surface area (Å²) in [5, 5.41) is 0.961. The summed E-state index contributed by atoms with van der Waals surface area (Å²) in [6, 6.07) is 8.35. The molecule has 110 valence electrons. The predicted molar refractivity (Wildman–Crippen MR) is 82.3 cm³/mol. The molecule has 0 unspecified atom stereocenters. The number of carbonyl (C=O) groups is 1. The van der Waals surface area contributed by atoms with E-state index in [-0.39, 0.29) is 40.4 Å². The van der Waals surface area contributed by atoms with Crippen molar-refractivity contribution in [2.24, 2.45) is 0 Å². The molecule has 2 aromatic carbocycles. The Bertz CT molecular complexity index is 633. The highest BCUT2D eigenvalue weighted by Crippen LogP contribution is 2.35. The van der Waals surface area contributed by atoms with Crippen LogP contribution in [0, 0.1) is 5.82 Å². The fourth-order valence-corrected chi connectivity index (χ4v) is 2.62. The predicted octanol–water partition coefficient (Wildman–Crippen LogP) is 5.44. The zero-order valence-corrected chi connectivity index (χ0v) is 13.0. The molecule has 0 aliphatic carbocycles. The number of rotatable bonds is 5. The Kier molecular flexibility index (Phi) is 5.45. The van der Waals surface area contributed by atoms with Crippen molar-refractivity contribution < 1.29 is 13.9 Å². The quantitative estimate of drug-likeness (QED) is 0.673. The second-order valence-corrected chi connectivity index (χ2v) is 5.48. The van der Waals surface area contributed by atoms with Gasteiger partial charge in [-0.15, -0.1) is 0 Å². The van der Waals surface area contributed by atoms with Crippen LogP contribution < -0.4 is 4.74 Å². The molecular weight excluding hydrogens is 338 g/mol. The number of Topliss-reactive ketones (excluding diaryl/α,β-unsaturated/α-hetero) is 1. The van der Waals surface area contributed by atoms with Gasteiger partial charge in [-0.1, -0.05) is 34.8 Å². The fraction of sp³-hybridized carbons (Fsp3) is 0.133. The average molecular weight is 348 g/mol. The van der Waals surface area contributed by atoms with E-state index < -0.39 is 0 Å². The van der Waals surface area contributed by atoms with Crippen molar-refractivity contribution in [3.8, 4) is 5.75 Å². The third-order valence-electron chi connectivity index (χ3n) is 2.70. The van der Waals surface area contributed by atoms with Gasteiger partial charge in [0.15, 0.2) is 11.5 Å². The van der Waals surface area contributed by atoms with Crippen LogP contribution in [0.1, 0.15) is 16.8 Å². The van der Waals surface area contributed by atoms with E-state index in [1.54, 1.807) is 0 Å². The van der Waals surface area contributed by atoms with Crippen molar-refractivity contribution >= 4 is 40.6 Å². The van der Waals surface area contributed by atoms with Crippen molar-refractivity contribution in [1.29, 1.82) is 0 Å². The molecule has 0 heterocycles. The summed E-state index contributed by atoms with van der Waals surface area (Å²) in [6.45, 7) is 0.108. The standard InChI is InChI=1S/C15H10Cl3FO2/c16-10-7-12(17)15(13(18)8-10)21-6-5-14(20)9-1-3-11(19)4-2-9/h1-4,7-8H,5-6H2. The van der Waals surface area contributed by atoms with Gasteiger partial charge in [-0.25, -0.2) is 4.39 Å². The van der Waals surface area contributed by atoms with Crippen molar-refractivity contribution in [2.75, 3.05) is 6.61 Å². The van der Waals surface area contributed by atoms with Crippen LogP contribution in [0.4, 0.5) is 4.39 Å². The first-order valence-corrected chi connectivity index (χ1v) is 7.17. The van der Waals surface area contributed by atoms with Crippen LogP contribution in [-0.4, -0.2) is 12.4 Å². The molecule has 0 fully saturated rings. The molecule has 0 atom stereocenters. The smallest absolute Gasteiger partial charge is 0.166 e. The first-order valence-electron chi connectivity index (χ1n) is 6.03. The molecule has 21 heavy (non-hydrogen) atoms. The second-order valence-electron chi connectivity index (χ2n) is 4.23. The lowest BCUT2D eigenvalue weighted by atomic mass is 10.1. The second kappa shape index (κ2) is 7.12. The topological polar surface area (TPSA) is 26.3 Å². The Balaban J connectivity index is 1.95. The lowest BCUT2D eigenvalue weighted by Gasteiger charge is -2.10. The third-order valence-corrected chi connectivity index (χ3v) is 3.48. The summed E-state index contributed by atoms with van der Waals surface area (Å²) >= 11 is 17.7. The van der Waals surface area contributed by atoms with Crippen molar-refractivity contribution in [3.05, 3.63) is 62.8 Å². The van der Waals surface area contributed by atoms with Gasteiger partial charge in [-0.2, -0.15) is 0 Å². The van der Waals surface area contributed by atoms with Crippen LogP contribution >= 0.6 is 34.8 Å². The third kappa shape index (κ3) is 4.34. The largest absolute Gasteiger partial charge is 0.490 e. The summed E-state index contributed by atoms with van der Waals surface area (Å²) in [6.07, 6.45) is 0.126. The van der Waals surface area contributed by atoms with E-state index in [4.69, 9.17) is 39.5 Å². The molecule has 0 spiro atoms. The summed E-state index contributed by atoms with van der Waals surface area (Å²) in [7, 11) is 0. The molecule has 0 saturated heterocycles. The Hall–Kier alpha value is -1.29. The van der Waals surface area contributed by atoms with Crippen LogP contribution in [0.25, 0.3) is 0 Å². The van der Waals surface area contributed by atoms with E-state index in [0.29, 0.717) is 10.6 Å². The van der Waals surface area contributed by atoms with Gasteiger partial charge in [0.2, 0.25) is 0 Å². The molecule has 0 N–H and O–H groups in total. The number of carbonyl (C=O) groups excluding carboxylic acids is 1. The van der Waals surface area contributed by atoms with Crippen molar-refractivity contribution in [1.82, 2.24) is 0 Å². The molecule has 2 rings (SSSR count). The fourth-order valence-electron chi connectivity index (χ4n) is 1.69. The summed E-state index contributed by atoms with van der Waals surface area (Å²) in [5.41, 5.74) is 0.424. The van der Waals surface area contributed by atoms with Crippen LogP contribution in [0.5, 0.6) is 5.75 Å². The molecule has 0 aliphatic heterocycles. The van der Waals surface area contributed by atoms with Crippen LogP contribution in [0.3, 0.4) is 0 Å². The highest BCUT2D eigenvalue weighted by Gasteiger charge is 2.11. The lowest BCUT2D eigenvalue weighted by molar-refractivity contribution is 0.0962. The van der Waals surface area contributed by atoms with E-state index in [0.717, 1.165) is 0 Å². The van der Waals surface area contributed by atoms with Crippen LogP contribution in [-0.2, 0) is 0 Å². The summed E-state index contributed by atoms with van der Waals surface area (Å²) in [5.74, 6) is -0.256. The maximum absolute atomic E-state index is 12.8.